The third-order valence-corrected chi connectivity index (χ3v) is 7.82. The molecule has 3 aromatic rings. The highest BCUT2D eigenvalue weighted by Gasteiger charge is 2.32. The lowest BCUT2D eigenvalue weighted by atomic mass is 9.89. The van der Waals surface area contributed by atoms with E-state index in [9.17, 15) is 9.59 Å². The highest BCUT2D eigenvalue weighted by molar-refractivity contribution is 6.32. The molecule has 0 saturated carbocycles. The summed E-state index contributed by atoms with van der Waals surface area (Å²) in [7, 11) is 1.85. The van der Waals surface area contributed by atoms with E-state index in [1.54, 1.807) is 18.2 Å². The molecule has 0 spiro atoms. The number of piperidine rings is 1. The first-order chi connectivity index (χ1) is 19.5. The predicted octanol–water partition coefficient (Wildman–Crippen LogP) is 4.47. The van der Waals surface area contributed by atoms with Gasteiger partial charge in [-0.15, -0.1) is 0 Å². The molecule has 4 rings (SSSR count). The molecule has 11 heteroatoms. The molecule has 1 fully saturated rings. The number of carbonyl (C=O) groups is 2. The molecule has 0 radical (unpaired) electrons. The van der Waals surface area contributed by atoms with E-state index in [2.05, 4.69) is 17.1 Å². The number of nitrogens with one attached hydrogen (secondary N) is 1. The van der Waals surface area contributed by atoms with Crippen molar-refractivity contribution in [2.24, 2.45) is 11.5 Å². The maximum atomic E-state index is 11.8. The van der Waals surface area contributed by atoms with Crippen LogP contribution in [0.25, 0.3) is 11.3 Å². The van der Waals surface area contributed by atoms with Gasteiger partial charge in [0, 0.05) is 67.2 Å². The van der Waals surface area contributed by atoms with Gasteiger partial charge < -0.3 is 26.6 Å². The van der Waals surface area contributed by atoms with Crippen molar-refractivity contribution in [1.29, 1.82) is 0 Å². The molecule has 216 valence electrons. The number of hydrogen-bond acceptors (Lipinski definition) is 7. The Labute approximate surface area is 250 Å². The Balaban J connectivity index is 1.85. The van der Waals surface area contributed by atoms with Crippen LogP contribution in [0, 0.1) is 0 Å². The van der Waals surface area contributed by atoms with Gasteiger partial charge in [-0.25, -0.2) is 9.97 Å². The summed E-state index contributed by atoms with van der Waals surface area (Å²) < 4.78 is 0. The van der Waals surface area contributed by atoms with Crippen LogP contribution in [-0.4, -0.2) is 54.0 Å². The smallest absolute Gasteiger partial charge is 0.219 e. The number of benzene rings is 2. The van der Waals surface area contributed by atoms with Gasteiger partial charge in [0.1, 0.15) is 11.6 Å². The molecule has 1 aliphatic rings. The lowest BCUT2D eigenvalue weighted by Gasteiger charge is -2.40. The summed E-state index contributed by atoms with van der Waals surface area (Å²) in [5, 5.41) is 4.17. The van der Waals surface area contributed by atoms with Crippen LogP contribution in [0.4, 0.5) is 11.6 Å². The number of anilines is 2. The third kappa shape index (κ3) is 7.48. The molecule has 1 aliphatic heterocycles. The Kier molecular flexibility index (Phi) is 9.40. The molecule has 0 unspecified atom stereocenters. The fraction of sp³-hybridized carbons (Fsp3) is 0.333. The topological polar surface area (TPSA) is 130 Å². The number of halogens is 2. The van der Waals surface area contributed by atoms with Gasteiger partial charge in [-0.2, -0.15) is 0 Å². The van der Waals surface area contributed by atoms with Crippen molar-refractivity contribution in [1.82, 2.24) is 15.3 Å². The van der Waals surface area contributed by atoms with Crippen molar-refractivity contribution in [3.63, 3.8) is 0 Å². The minimum Gasteiger partial charge on any atom is -0.398 e. The van der Waals surface area contributed by atoms with E-state index >= 15 is 0 Å². The average molecular weight is 597 g/mol. The summed E-state index contributed by atoms with van der Waals surface area (Å²) in [6.45, 7) is 5.34. The average Bonchev–Trinajstić information content (AvgIpc) is 2.92. The molecule has 1 aromatic heterocycles. The quantitative estimate of drug-likeness (QED) is 0.311. The first-order valence-corrected chi connectivity index (χ1v) is 14.1. The number of amides is 2. The number of carbonyl (C=O) groups excluding carboxylic acids is 2. The number of primary amides is 1. The van der Waals surface area contributed by atoms with Gasteiger partial charge >= 0.3 is 0 Å². The second kappa shape index (κ2) is 12.8. The lowest BCUT2D eigenvalue weighted by Crippen LogP contribution is -2.53. The molecule has 1 saturated heterocycles. The van der Waals surface area contributed by atoms with Crippen molar-refractivity contribution >= 4 is 57.9 Å². The van der Waals surface area contributed by atoms with Crippen molar-refractivity contribution in [2.75, 3.05) is 36.5 Å². The number of aromatic nitrogens is 2. The molecule has 41 heavy (non-hydrogen) atoms. The van der Waals surface area contributed by atoms with E-state index in [4.69, 9.17) is 44.6 Å². The number of nitrogens with zero attached hydrogens (tertiary/aromatic N) is 4. The molecule has 0 aliphatic carbocycles. The SMILES string of the molecule is CC(=O)NC1(C)CCN(c2cc(N(C)CCC(N)=O)nc(C(=C(N)c3ccccc3Cl)c3ccc(Cl)cc3)n2)CC1. The van der Waals surface area contributed by atoms with Crippen LogP contribution >= 0.6 is 23.2 Å². The third-order valence-electron chi connectivity index (χ3n) is 7.24. The summed E-state index contributed by atoms with van der Waals surface area (Å²) in [6.07, 6.45) is 1.67. The summed E-state index contributed by atoms with van der Waals surface area (Å²) in [6, 6.07) is 16.6. The maximum Gasteiger partial charge on any atom is 0.219 e. The van der Waals surface area contributed by atoms with E-state index in [1.807, 2.05) is 48.3 Å². The fourth-order valence-corrected chi connectivity index (χ4v) is 5.26. The van der Waals surface area contributed by atoms with Crippen molar-refractivity contribution < 1.29 is 9.59 Å². The van der Waals surface area contributed by atoms with Gasteiger partial charge in [0.25, 0.3) is 0 Å². The number of nitrogens with two attached hydrogens (primary N) is 2. The van der Waals surface area contributed by atoms with Gasteiger partial charge in [0.15, 0.2) is 5.82 Å². The molecular formula is C30H35Cl2N7O2. The monoisotopic (exact) mass is 595 g/mol. The molecule has 2 amide bonds. The zero-order valence-electron chi connectivity index (χ0n) is 23.5. The van der Waals surface area contributed by atoms with Crippen LogP contribution in [0.15, 0.2) is 54.6 Å². The van der Waals surface area contributed by atoms with Crippen LogP contribution in [0.1, 0.15) is 50.1 Å². The fourth-order valence-electron chi connectivity index (χ4n) is 4.90. The predicted molar refractivity (Wildman–Crippen MR) is 166 cm³/mol. The molecule has 2 aromatic carbocycles. The van der Waals surface area contributed by atoms with Gasteiger partial charge in [-0.1, -0.05) is 53.5 Å². The summed E-state index contributed by atoms with van der Waals surface area (Å²) in [5.41, 5.74) is 14.4. The zero-order valence-corrected chi connectivity index (χ0v) is 25.0. The Morgan fingerprint density at radius 2 is 1.71 bits per heavy atom. The lowest BCUT2D eigenvalue weighted by molar-refractivity contribution is -0.121. The van der Waals surface area contributed by atoms with Crippen LogP contribution < -0.4 is 26.6 Å². The standard InChI is InChI=1S/C30H35Cl2N7O2/c1-19(40)37-30(2)13-16-39(17-14-30)26-18-25(38(3)15-12-24(33)41)35-29(36-26)27(20-8-10-21(31)11-9-20)28(34)22-6-4-5-7-23(22)32/h4-11,18H,12-17,34H2,1-3H3,(H2,33,41)(H,37,40). The highest BCUT2D eigenvalue weighted by atomic mass is 35.5. The molecule has 0 bridgehead atoms. The van der Waals surface area contributed by atoms with E-state index in [1.165, 1.54) is 6.92 Å². The molecule has 5 N–H and O–H groups in total. The number of rotatable bonds is 9. The normalized spacial score (nSPS) is 15.2. The van der Waals surface area contributed by atoms with Gasteiger partial charge in [0.05, 0.1) is 11.3 Å². The summed E-state index contributed by atoms with van der Waals surface area (Å²) in [5.74, 6) is 1.28. The van der Waals surface area contributed by atoms with Gasteiger partial charge in [0.2, 0.25) is 11.8 Å². The molecule has 9 nitrogen and oxygen atoms in total. The van der Waals surface area contributed by atoms with Crippen molar-refractivity contribution in [2.45, 2.75) is 38.6 Å². The van der Waals surface area contributed by atoms with Crippen LogP contribution in [0.5, 0.6) is 0 Å². The summed E-state index contributed by atoms with van der Waals surface area (Å²) >= 11 is 12.8. The van der Waals surface area contributed by atoms with Gasteiger partial charge in [-0.05, 0) is 43.5 Å². The number of hydrogen-bond donors (Lipinski definition) is 3. The summed E-state index contributed by atoms with van der Waals surface area (Å²) in [4.78, 5) is 37.3. The Morgan fingerprint density at radius 3 is 2.32 bits per heavy atom. The van der Waals surface area contributed by atoms with Gasteiger partial charge in [-0.3, -0.25) is 9.59 Å². The Morgan fingerprint density at radius 1 is 1.05 bits per heavy atom. The second-order valence-corrected chi connectivity index (χ2v) is 11.4. The van der Waals surface area contributed by atoms with Crippen LogP contribution in [0.2, 0.25) is 10.0 Å². The van der Waals surface area contributed by atoms with E-state index in [0.29, 0.717) is 64.0 Å². The van der Waals surface area contributed by atoms with Crippen LogP contribution in [0.3, 0.4) is 0 Å². The Bertz CT molecular complexity index is 1450. The minimum absolute atomic E-state index is 0.0450. The van der Waals surface area contributed by atoms with E-state index in [-0.39, 0.29) is 17.9 Å². The maximum absolute atomic E-state index is 11.8. The van der Waals surface area contributed by atoms with E-state index < -0.39 is 5.91 Å². The second-order valence-electron chi connectivity index (χ2n) is 10.6. The Hall–Kier alpha value is -3.82. The minimum atomic E-state index is -0.399. The zero-order chi connectivity index (χ0) is 29.7. The van der Waals surface area contributed by atoms with Crippen molar-refractivity contribution in [3.8, 4) is 0 Å². The molecular weight excluding hydrogens is 561 g/mol. The molecule has 2 heterocycles. The first kappa shape index (κ1) is 30.1. The largest absolute Gasteiger partial charge is 0.398 e. The highest BCUT2D eigenvalue weighted by Crippen LogP contribution is 2.34. The molecule has 0 atom stereocenters. The van der Waals surface area contributed by atoms with Crippen molar-refractivity contribution in [3.05, 3.63) is 81.6 Å². The van der Waals surface area contributed by atoms with E-state index in [0.717, 1.165) is 18.4 Å². The first-order valence-electron chi connectivity index (χ1n) is 13.4. The van der Waals surface area contributed by atoms with Crippen LogP contribution in [-0.2, 0) is 9.59 Å².